The molecule has 0 bridgehead atoms. The number of aromatic nitrogens is 2. The molecule has 0 saturated heterocycles. The fourth-order valence-electron chi connectivity index (χ4n) is 3.77. The van der Waals surface area contributed by atoms with Gasteiger partial charge in [0, 0.05) is 23.3 Å². The van der Waals surface area contributed by atoms with Crippen molar-refractivity contribution in [2.75, 3.05) is 0 Å². The third kappa shape index (κ3) is 1.91. The lowest BCUT2D eigenvalue weighted by molar-refractivity contribution is 0.346. The lowest BCUT2D eigenvalue weighted by Gasteiger charge is -2.24. The van der Waals surface area contributed by atoms with Gasteiger partial charge in [0.25, 0.3) is 5.56 Å². The molecular formula is C18H20N2O. The molecule has 1 saturated carbocycles. The SMILES string of the molecule is Cc1cn(C2CCCCC2)c(=O)c2cc3ccccc3n12. The van der Waals surface area contributed by atoms with Crippen molar-refractivity contribution in [3.05, 3.63) is 52.6 Å². The maximum atomic E-state index is 12.9. The van der Waals surface area contributed by atoms with Gasteiger partial charge in [-0.1, -0.05) is 37.5 Å². The van der Waals surface area contributed by atoms with Gasteiger partial charge in [0.05, 0.1) is 5.52 Å². The smallest absolute Gasteiger partial charge is 0.275 e. The van der Waals surface area contributed by atoms with Crippen LogP contribution >= 0.6 is 0 Å². The average molecular weight is 280 g/mol. The van der Waals surface area contributed by atoms with E-state index in [0.29, 0.717) is 6.04 Å². The first-order valence-electron chi connectivity index (χ1n) is 7.87. The molecular weight excluding hydrogens is 260 g/mol. The van der Waals surface area contributed by atoms with Gasteiger partial charge in [-0.2, -0.15) is 0 Å². The molecule has 0 amide bonds. The molecule has 2 aromatic heterocycles. The van der Waals surface area contributed by atoms with E-state index in [1.165, 1.54) is 19.3 Å². The van der Waals surface area contributed by atoms with E-state index in [4.69, 9.17) is 0 Å². The highest BCUT2D eigenvalue weighted by atomic mass is 16.1. The average Bonchev–Trinajstić information content (AvgIpc) is 2.92. The summed E-state index contributed by atoms with van der Waals surface area (Å²) in [6, 6.07) is 10.6. The van der Waals surface area contributed by atoms with Crippen LogP contribution in [0.5, 0.6) is 0 Å². The first-order valence-corrected chi connectivity index (χ1v) is 7.87. The normalized spacial score (nSPS) is 16.8. The molecule has 2 heterocycles. The van der Waals surface area contributed by atoms with E-state index in [2.05, 4.69) is 29.7 Å². The Balaban J connectivity index is 2.01. The van der Waals surface area contributed by atoms with Gasteiger partial charge in [0.2, 0.25) is 0 Å². The standard InChI is InChI=1S/C18H20N2O/c1-13-12-19(15-8-3-2-4-9-15)18(21)17-11-14-7-5-6-10-16(14)20(13)17/h5-7,10-12,15H,2-4,8-9H2,1H3. The van der Waals surface area contributed by atoms with Crippen molar-refractivity contribution in [1.82, 2.24) is 8.97 Å². The molecule has 0 unspecified atom stereocenters. The van der Waals surface area contributed by atoms with Gasteiger partial charge in [0.15, 0.2) is 0 Å². The molecule has 3 heteroatoms. The molecule has 1 aliphatic rings. The minimum Gasteiger partial charge on any atom is -0.309 e. The number of aryl methyl sites for hydroxylation is 1. The second kappa shape index (κ2) is 4.76. The largest absolute Gasteiger partial charge is 0.309 e. The monoisotopic (exact) mass is 280 g/mol. The van der Waals surface area contributed by atoms with Crippen LogP contribution in [0.4, 0.5) is 0 Å². The summed E-state index contributed by atoms with van der Waals surface area (Å²) in [4.78, 5) is 12.9. The van der Waals surface area contributed by atoms with Crippen molar-refractivity contribution < 1.29 is 0 Å². The second-order valence-corrected chi connectivity index (χ2v) is 6.20. The Morgan fingerprint density at radius 3 is 2.62 bits per heavy atom. The summed E-state index contributed by atoms with van der Waals surface area (Å²) in [6.07, 6.45) is 8.11. The molecule has 0 aliphatic heterocycles. The zero-order valence-corrected chi connectivity index (χ0v) is 12.4. The highest BCUT2D eigenvalue weighted by Gasteiger charge is 2.19. The number of rotatable bonds is 1. The van der Waals surface area contributed by atoms with Crippen LogP contribution in [0.15, 0.2) is 41.3 Å². The molecule has 108 valence electrons. The molecule has 0 radical (unpaired) electrons. The Morgan fingerprint density at radius 1 is 1.05 bits per heavy atom. The molecule has 1 aliphatic carbocycles. The highest BCUT2D eigenvalue weighted by molar-refractivity contribution is 5.87. The quantitative estimate of drug-likeness (QED) is 0.660. The summed E-state index contributed by atoms with van der Waals surface area (Å²) in [5.41, 5.74) is 3.22. The Kier molecular flexibility index (Phi) is 2.88. The Morgan fingerprint density at radius 2 is 1.81 bits per heavy atom. The van der Waals surface area contributed by atoms with E-state index >= 15 is 0 Å². The van der Waals surface area contributed by atoms with Crippen molar-refractivity contribution in [3.63, 3.8) is 0 Å². The number of fused-ring (bicyclic) bond motifs is 3. The van der Waals surface area contributed by atoms with Crippen molar-refractivity contribution in [1.29, 1.82) is 0 Å². The fraction of sp³-hybridized carbons (Fsp3) is 0.389. The number of nitrogens with zero attached hydrogens (tertiary/aromatic N) is 2. The van der Waals surface area contributed by atoms with Crippen molar-refractivity contribution in [2.45, 2.75) is 45.1 Å². The van der Waals surface area contributed by atoms with Crippen LogP contribution in [0.1, 0.15) is 43.8 Å². The predicted octanol–water partition coefficient (Wildman–Crippen LogP) is 4.07. The van der Waals surface area contributed by atoms with Crippen LogP contribution in [0.3, 0.4) is 0 Å². The van der Waals surface area contributed by atoms with Crippen molar-refractivity contribution in [3.8, 4) is 0 Å². The third-order valence-electron chi connectivity index (χ3n) is 4.81. The van der Waals surface area contributed by atoms with E-state index in [1.807, 2.05) is 22.8 Å². The van der Waals surface area contributed by atoms with Gasteiger partial charge in [-0.15, -0.1) is 0 Å². The molecule has 3 nitrogen and oxygen atoms in total. The third-order valence-corrected chi connectivity index (χ3v) is 4.81. The van der Waals surface area contributed by atoms with Gasteiger partial charge in [-0.05, 0) is 31.9 Å². The topological polar surface area (TPSA) is 26.4 Å². The molecule has 1 fully saturated rings. The van der Waals surface area contributed by atoms with Crippen LogP contribution < -0.4 is 5.56 Å². The lowest BCUT2D eigenvalue weighted by atomic mass is 9.95. The van der Waals surface area contributed by atoms with Crippen LogP contribution in [0.25, 0.3) is 16.4 Å². The lowest BCUT2D eigenvalue weighted by Crippen LogP contribution is -2.27. The summed E-state index contributed by atoms with van der Waals surface area (Å²) in [6.45, 7) is 2.10. The summed E-state index contributed by atoms with van der Waals surface area (Å²) in [5.74, 6) is 0. The Hall–Kier alpha value is -2.03. The highest BCUT2D eigenvalue weighted by Crippen LogP contribution is 2.28. The van der Waals surface area contributed by atoms with Crippen molar-refractivity contribution in [2.24, 2.45) is 0 Å². The minimum atomic E-state index is 0.156. The van der Waals surface area contributed by atoms with Gasteiger partial charge in [-0.3, -0.25) is 4.79 Å². The van der Waals surface area contributed by atoms with E-state index in [1.54, 1.807) is 0 Å². The number of hydrogen-bond acceptors (Lipinski definition) is 1. The van der Waals surface area contributed by atoms with Crippen LogP contribution in [0, 0.1) is 6.92 Å². The maximum absolute atomic E-state index is 12.9. The zero-order valence-electron chi connectivity index (χ0n) is 12.4. The predicted molar refractivity (Wildman–Crippen MR) is 86.0 cm³/mol. The number of hydrogen-bond donors (Lipinski definition) is 0. The molecule has 4 rings (SSSR count). The van der Waals surface area contributed by atoms with Crippen molar-refractivity contribution >= 4 is 16.4 Å². The number of para-hydroxylation sites is 1. The number of benzene rings is 1. The van der Waals surface area contributed by atoms with E-state index in [-0.39, 0.29) is 5.56 Å². The molecule has 0 spiro atoms. The van der Waals surface area contributed by atoms with Gasteiger partial charge in [-0.25, -0.2) is 0 Å². The first kappa shape index (κ1) is 12.7. The summed E-state index contributed by atoms with van der Waals surface area (Å²) >= 11 is 0. The van der Waals surface area contributed by atoms with E-state index in [9.17, 15) is 4.79 Å². The molecule has 0 N–H and O–H groups in total. The van der Waals surface area contributed by atoms with Gasteiger partial charge >= 0.3 is 0 Å². The van der Waals surface area contributed by atoms with Gasteiger partial charge < -0.3 is 8.97 Å². The summed E-state index contributed by atoms with van der Waals surface area (Å²) < 4.78 is 4.08. The van der Waals surface area contributed by atoms with E-state index in [0.717, 1.165) is 35.0 Å². The van der Waals surface area contributed by atoms with E-state index < -0.39 is 0 Å². The zero-order chi connectivity index (χ0) is 14.4. The molecule has 0 atom stereocenters. The first-order chi connectivity index (χ1) is 10.3. The maximum Gasteiger partial charge on any atom is 0.275 e. The summed E-state index contributed by atoms with van der Waals surface area (Å²) in [7, 11) is 0. The fourth-order valence-corrected chi connectivity index (χ4v) is 3.77. The second-order valence-electron chi connectivity index (χ2n) is 6.20. The molecule has 3 aromatic rings. The van der Waals surface area contributed by atoms with Gasteiger partial charge in [0.1, 0.15) is 5.52 Å². The van der Waals surface area contributed by atoms with Crippen LogP contribution in [-0.2, 0) is 0 Å². The minimum absolute atomic E-state index is 0.156. The Labute approximate surface area is 123 Å². The molecule has 1 aromatic carbocycles. The van der Waals surface area contributed by atoms with Crippen LogP contribution in [0.2, 0.25) is 0 Å². The Bertz CT molecular complexity index is 866. The molecule has 21 heavy (non-hydrogen) atoms. The summed E-state index contributed by atoms with van der Waals surface area (Å²) in [5, 5.41) is 1.14. The van der Waals surface area contributed by atoms with Crippen LogP contribution in [-0.4, -0.2) is 8.97 Å².